The van der Waals surface area contributed by atoms with Crippen LogP contribution < -0.4 is 0 Å². The Bertz CT molecular complexity index is 463. The highest BCUT2D eigenvalue weighted by atomic mass is 19.1. The maximum Gasteiger partial charge on any atom is 0.276 e. The smallest absolute Gasteiger partial charge is 0.276 e. The number of rotatable bonds is 4. The summed E-state index contributed by atoms with van der Waals surface area (Å²) in [4.78, 5) is 11.7. The molecule has 1 aromatic carbocycles. The molecule has 0 radical (unpaired) electrons. The molecule has 3 nitrogen and oxygen atoms in total. The normalized spacial score (nSPS) is 14.4. The van der Waals surface area contributed by atoms with Crippen molar-refractivity contribution in [2.75, 3.05) is 13.2 Å². The molecule has 0 aromatic heterocycles. The van der Waals surface area contributed by atoms with Crippen molar-refractivity contribution < 1.29 is 18.7 Å². The van der Waals surface area contributed by atoms with E-state index < -0.39 is 6.01 Å². The van der Waals surface area contributed by atoms with Gasteiger partial charge in [0.2, 0.25) is 0 Å². The van der Waals surface area contributed by atoms with Crippen molar-refractivity contribution in [3.63, 3.8) is 0 Å². The molecule has 0 saturated heterocycles. The Morgan fingerprint density at radius 2 is 2.12 bits per heavy atom. The molecule has 2 rings (SSSR count). The first-order valence-corrected chi connectivity index (χ1v) is 5.17. The first-order valence-electron chi connectivity index (χ1n) is 5.17. The summed E-state index contributed by atoms with van der Waals surface area (Å²) in [5, 5.41) is 0. The Kier molecular flexibility index (Phi) is 3.55. The Labute approximate surface area is 98.2 Å². The molecule has 1 aromatic rings. The molecule has 0 N–H and O–H groups in total. The zero-order valence-corrected chi connectivity index (χ0v) is 9.06. The number of carbonyl (C=O) groups excluding carboxylic acids is 1. The van der Waals surface area contributed by atoms with Crippen LogP contribution in [0.3, 0.4) is 0 Å². The van der Waals surface area contributed by atoms with Crippen LogP contribution in [-0.4, -0.2) is 19.0 Å². The Morgan fingerprint density at radius 3 is 2.82 bits per heavy atom. The monoisotopic (exact) mass is 234 g/mol. The largest absolute Gasteiger partial charge is 0.485 e. The third-order valence-corrected chi connectivity index (χ3v) is 2.23. The van der Waals surface area contributed by atoms with E-state index in [1.54, 1.807) is 30.3 Å². The van der Waals surface area contributed by atoms with E-state index in [0.717, 1.165) is 6.08 Å². The molecule has 0 bridgehead atoms. The van der Waals surface area contributed by atoms with E-state index >= 15 is 0 Å². The Balaban J connectivity index is 1.91. The summed E-state index contributed by atoms with van der Waals surface area (Å²) in [5.41, 5.74) is 0.574. The van der Waals surface area contributed by atoms with E-state index in [4.69, 9.17) is 4.74 Å². The molecule has 1 aliphatic heterocycles. The molecule has 0 atom stereocenters. The lowest BCUT2D eigenvalue weighted by atomic mass is 10.1. The van der Waals surface area contributed by atoms with Crippen LogP contribution in [0.5, 0.6) is 0 Å². The maximum absolute atomic E-state index is 12.7. The lowest BCUT2D eigenvalue weighted by molar-refractivity contribution is 0.0853. The van der Waals surface area contributed by atoms with Gasteiger partial charge in [-0.1, -0.05) is 30.3 Å². The van der Waals surface area contributed by atoms with Gasteiger partial charge in [-0.25, -0.2) is 0 Å². The summed E-state index contributed by atoms with van der Waals surface area (Å²) in [6.07, 6.45) is 2.68. The number of carbonyl (C=O) groups is 1. The predicted molar refractivity (Wildman–Crippen MR) is 60.0 cm³/mol. The van der Waals surface area contributed by atoms with Crippen LogP contribution in [0.2, 0.25) is 0 Å². The van der Waals surface area contributed by atoms with Crippen LogP contribution >= 0.6 is 0 Å². The van der Waals surface area contributed by atoms with Gasteiger partial charge in [0.1, 0.15) is 12.4 Å². The Hall–Kier alpha value is -2.10. The van der Waals surface area contributed by atoms with Gasteiger partial charge in [-0.05, 0) is 6.08 Å². The third kappa shape index (κ3) is 3.17. The fourth-order valence-corrected chi connectivity index (χ4v) is 1.37. The van der Waals surface area contributed by atoms with Crippen LogP contribution in [0.4, 0.5) is 4.39 Å². The molecule has 0 spiro atoms. The lowest BCUT2D eigenvalue weighted by Crippen LogP contribution is -2.10. The van der Waals surface area contributed by atoms with E-state index in [-0.39, 0.29) is 19.0 Å². The van der Waals surface area contributed by atoms with E-state index in [1.807, 2.05) is 6.07 Å². The average Bonchev–Trinajstić information content (AvgIpc) is 2.37. The number of allylic oxidation sites excluding steroid dienone is 1. The molecule has 0 fully saturated rings. The van der Waals surface area contributed by atoms with Gasteiger partial charge in [0.05, 0.1) is 6.08 Å². The number of benzene rings is 1. The predicted octanol–water partition coefficient (Wildman–Crippen LogP) is 2.61. The first-order chi connectivity index (χ1) is 8.25. The lowest BCUT2D eigenvalue weighted by Gasteiger charge is -2.11. The van der Waals surface area contributed by atoms with Crippen molar-refractivity contribution in [2.45, 2.75) is 0 Å². The molecule has 4 heteroatoms. The van der Waals surface area contributed by atoms with Crippen molar-refractivity contribution in [1.29, 1.82) is 0 Å². The second-order valence-electron chi connectivity index (χ2n) is 3.44. The average molecular weight is 234 g/mol. The van der Waals surface area contributed by atoms with Crippen LogP contribution in [-0.2, 0) is 9.47 Å². The minimum absolute atomic E-state index is 0.111. The highest BCUT2D eigenvalue weighted by molar-refractivity contribution is 5.97. The molecule has 0 aliphatic carbocycles. The molecule has 88 valence electrons. The highest BCUT2D eigenvalue weighted by Crippen LogP contribution is 2.13. The highest BCUT2D eigenvalue weighted by Gasteiger charge is 2.09. The van der Waals surface area contributed by atoms with E-state index in [9.17, 15) is 9.18 Å². The second kappa shape index (κ2) is 5.30. The number of Topliss-reactive ketones (excluding diaryl/α,β-unsaturated/α-hetero) is 1. The third-order valence-electron chi connectivity index (χ3n) is 2.23. The number of hydrogen-bond acceptors (Lipinski definition) is 3. The summed E-state index contributed by atoms with van der Waals surface area (Å²) < 4.78 is 22.5. The number of ketones is 1. The zero-order valence-electron chi connectivity index (χ0n) is 9.06. The van der Waals surface area contributed by atoms with Gasteiger partial charge in [0, 0.05) is 5.56 Å². The van der Waals surface area contributed by atoms with Crippen molar-refractivity contribution in [2.24, 2.45) is 0 Å². The molecule has 17 heavy (non-hydrogen) atoms. The summed E-state index contributed by atoms with van der Waals surface area (Å²) in [5.74, 6) is 0.171. The second-order valence-corrected chi connectivity index (χ2v) is 3.44. The topological polar surface area (TPSA) is 35.5 Å². The molecular formula is C13H11FO3. The van der Waals surface area contributed by atoms with Crippen molar-refractivity contribution in [1.82, 2.24) is 0 Å². The fraction of sp³-hybridized carbons (Fsp3) is 0.154. The molecule has 1 heterocycles. The molecule has 0 unspecified atom stereocenters. The van der Waals surface area contributed by atoms with Gasteiger partial charge in [0.25, 0.3) is 6.01 Å². The van der Waals surface area contributed by atoms with E-state index in [2.05, 4.69) is 4.74 Å². The van der Waals surface area contributed by atoms with Gasteiger partial charge in [-0.2, -0.15) is 4.39 Å². The standard InChI is InChI=1S/C13H11FO3/c14-13-8-11(6-7-16-13)17-9-12(15)10-4-2-1-3-5-10/h1-6,8H,7,9H2. The van der Waals surface area contributed by atoms with Crippen LogP contribution in [0.1, 0.15) is 10.4 Å². The first kappa shape index (κ1) is 11.4. The van der Waals surface area contributed by atoms with Crippen molar-refractivity contribution in [3.8, 4) is 0 Å². The summed E-state index contributed by atoms with van der Waals surface area (Å²) in [7, 11) is 0. The van der Waals surface area contributed by atoms with Crippen LogP contribution in [0.15, 0.2) is 54.3 Å². The molecule has 0 amide bonds. The number of halogens is 1. The van der Waals surface area contributed by atoms with E-state index in [1.165, 1.54) is 0 Å². The number of hydrogen-bond donors (Lipinski definition) is 0. The van der Waals surface area contributed by atoms with Gasteiger partial charge >= 0.3 is 0 Å². The summed E-state index contributed by atoms with van der Waals surface area (Å²) in [6, 6.07) is 8.10. The minimum atomic E-state index is -0.699. The molecule has 1 aliphatic rings. The summed E-state index contributed by atoms with van der Waals surface area (Å²) in [6.45, 7) is 0.0107. The van der Waals surface area contributed by atoms with Gasteiger partial charge in [0.15, 0.2) is 12.4 Å². The van der Waals surface area contributed by atoms with Gasteiger partial charge in [-0.15, -0.1) is 0 Å². The van der Waals surface area contributed by atoms with Gasteiger partial charge < -0.3 is 9.47 Å². The van der Waals surface area contributed by atoms with Crippen LogP contribution in [0.25, 0.3) is 0 Å². The maximum atomic E-state index is 12.7. The van der Waals surface area contributed by atoms with Crippen molar-refractivity contribution >= 4 is 5.78 Å². The van der Waals surface area contributed by atoms with Crippen LogP contribution in [0, 0.1) is 0 Å². The molecule has 0 saturated carbocycles. The summed E-state index contributed by atoms with van der Waals surface area (Å²) >= 11 is 0. The van der Waals surface area contributed by atoms with E-state index in [0.29, 0.717) is 11.3 Å². The van der Waals surface area contributed by atoms with Crippen molar-refractivity contribution in [3.05, 3.63) is 59.8 Å². The molecular weight excluding hydrogens is 223 g/mol. The zero-order chi connectivity index (χ0) is 12.1. The fourth-order valence-electron chi connectivity index (χ4n) is 1.37. The quantitative estimate of drug-likeness (QED) is 0.751. The SMILES string of the molecule is O=C(COC1=CCOC(F)=C1)c1ccccc1. The Morgan fingerprint density at radius 1 is 1.35 bits per heavy atom. The number of ether oxygens (including phenoxy) is 2. The minimum Gasteiger partial charge on any atom is -0.485 e. The van der Waals surface area contributed by atoms with Gasteiger partial charge in [-0.3, -0.25) is 4.79 Å².